The molecule has 0 unspecified atom stereocenters. The van der Waals surface area contributed by atoms with E-state index in [1.54, 1.807) is 6.20 Å². The number of aromatic nitrogens is 2. The van der Waals surface area contributed by atoms with Gasteiger partial charge in [-0.3, -0.25) is 4.79 Å². The molecule has 0 saturated heterocycles. The van der Waals surface area contributed by atoms with Crippen LogP contribution in [-0.2, 0) is 12.7 Å². The molecule has 2 aromatic rings. The molecule has 0 radical (unpaired) electrons. The topological polar surface area (TPSA) is 71.3 Å². The number of amides is 1. The normalized spacial score (nSPS) is 14.3. The van der Waals surface area contributed by atoms with E-state index in [-0.39, 0.29) is 5.69 Å². The number of rotatable bonds is 3. The molecule has 6 nitrogen and oxygen atoms in total. The van der Waals surface area contributed by atoms with Crippen molar-refractivity contribution in [1.82, 2.24) is 15.0 Å². The molecule has 1 aliphatic rings. The lowest BCUT2D eigenvalue weighted by atomic mass is 10.1. The third-order valence-corrected chi connectivity index (χ3v) is 3.49. The van der Waals surface area contributed by atoms with Crippen LogP contribution in [0.15, 0.2) is 35.6 Å². The molecule has 0 fully saturated rings. The highest BCUT2D eigenvalue weighted by Gasteiger charge is 2.29. The van der Waals surface area contributed by atoms with Gasteiger partial charge in [0.1, 0.15) is 5.69 Å². The van der Waals surface area contributed by atoms with Crippen molar-refractivity contribution in [3.63, 3.8) is 0 Å². The van der Waals surface area contributed by atoms with Crippen LogP contribution in [0, 0.1) is 0 Å². The van der Waals surface area contributed by atoms with Gasteiger partial charge in [0.25, 0.3) is 5.91 Å². The Bertz CT molecular complexity index is 741. The van der Waals surface area contributed by atoms with Crippen LogP contribution < -0.4 is 10.7 Å². The first-order chi connectivity index (χ1) is 11.4. The minimum absolute atomic E-state index is 0.226. The zero-order valence-electron chi connectivity index (χ0n) is 12.5. The number of hydrazone groups is 1. The van der Waals surface area contributed by atoms with Crippen LogP contribution in [0.5, 0.6) is 0 Å². The van der Waals surface area contributed by atoms with Gasteiger partial charge in [0.2, 0.25) is 5.95 Å². The average molecular weight is 337 g/mol. The minimum Gasteiger partial charge on any atom is -0.356 e. The Hall–Kier alpha value is -2.84. The summed E-state index contributed by atoms with van der Waals surface area (Å²) >= 11 is 0. The van der Waals surface area contributed by atoms with E-state index in [9.17, 15) is 18.0 Å². The molecule has 24 heavy (non-hydrogen) atoms. The number of carbonyl (C=O) groups is 1. The third kappa shape index (κ3) is 3.55. The molecule has 0 aliphatic carbocycles. The predicted octanol–water partition coefficient (Wildman–Crippen LogP) is 2.48. The summed E-state index contributed by atoms with van der Waals surface area (Å²) in [4.78, 5) is 16.1. The maximum Gasteiger partial charge on any atom is 0.416 e. The Morgan fingerprint density at radius 1 is 1.33 bits per heavy atom. The number of hydrogen-bond acceptors (Lipinski definition) is 4. The smallest absolute Gasteiger partial charge is 0.356 e. The number of fused-ring (bicyclic) bond motifs is 1. The number of anilines is 1. The molecule has 0 atom stereocenters. The fourth-order valence-electron chi connectivity index (χ4n) is 2.27. The van der Waals surface area contributed by atoms with Crippen molar-refractivity contribution in [2.45, 2.75) is 19.1 Å². The van der Waals surface area contributed by atoms with Gasteiger partial charge >= 0.3 is 6.18 Å². The van der Waals surface area contributed by atoms with E-state index in [4.69, 9.17) is 0 Å². The molecule has 1 aliphatic heterocycles. The van der Waals surface area contributed by atoms with Crippen LogP contribution in [0.2, 0.25) is 0 Å². The zero-order valence-corrected chi connectivity index (χ0v) is 12.5. The standard InChI is InChI=1S/C15H14F3N5O/c16-15(17,18)11-4-2-10(3-5-11)8-20-22-13(24)12-9-23-7-1-6-19-14(23)21-12/h2-5,8-9H,1,6-7H2,(H,19,21)(H,22,24)/b20-8+. The number of nitrogens with zero attached hydrogens (tertiary/aromatic N) is 3. The van der Waals surface area contributed by atoms with Gasteiger partial charge in [-0.25, -0.2) is 10.4 Å². The maximum absolute atomic E-state index is 12.5. The van der Waals surface area contributed by atoms with Crippen molar-refractivity contribution in [1.29, 1.82) is 0 Å². The first kappa shape index (κ1) is 16.0. The van der Waals surface area contributed by atoms with Gasteiger partial charge in [-0.05, 0) is 24.1 Å². The van der Waals surface area contributed by atoms with E-state index in [0.717, 1.165) is 31.6 Å². The Balaban J connectivity index is 1.61. The lowest BCUT2D eigenvalue weighted by Gasteiger charge is -2.14. The van der Waals surface area contributed by atoms with Crippen LogP contribution in [0.1, 0.15) is 28.0 Å². The maximum atomic E-state index is 12.5. The molecule has 9 heteroatoms. The van der Waals surface area contributed by atoms with Gasteiger partial charge in [-0.15, -0.1) is 0 Å². The van der Waals surface area contributed by atoms with Crippen molar-refractivity contribution in [2.75, 3.05) is 11.9 Å². The van der Waals surface area contributed by atoms with E-state index in [1.165, 1.54) is 18.3 Å². The molecule has 0 bridgehead atoms. The molecule has 2 N–H and O–H groups in total. The van der Waals surface area contributed by atoms with Crippen LogP contribution in [0.3, 0.4) is 0 Å². The monoisotopic (exact) mass is 337 g/mol. The lowest BCUT2D eigenvalue weighted by molar-refractivity contribution is -0.137. The van der Waals surface area contributed by atoms with E-state index in [2.05, 4.69) is 20.8 Å². The van der Waals surface area contributed by atoms with Crippen molar-refractivity contribution in [3.8, 4) is 0 Å². The summed E-state index contributed by atoms with van der Waals surface area (Å²) in [5, 5.41) is 6.82. The number of imidazole rings is 1. The molecule has 126 valence electrons. The summed E-state index contributed by atoms with van der Waals surface area (Å²) in [5.74, 6) is 0.153. The fourth-order valence-corrected chi connectivity index (χ4v) is 2.27. The van der Waals surface area contributed by atoms with Crippen molar-refractivity contribution in [2.24, 2.45) is 5.10 Å². The largest absolute Gasteiger partial charge is 0.416 e. The minimum atomic E-state index is -4.38. The number of carbonyl (C=O) groups excluding carboxylic acids is 1. The second-order valence-corrected chi connectivity index (χ2v) is 5.24. The quantitative estimate of drug-likeness (QED) is 0.668. The summed E-state index contributed by atoms with van der Waals surface area (Å²) in [7, 11) is 0. The number of nitrogens with one attached hydrogen (secondary N) is 2. The first-order valence-corrected chi connectivity index (χ1v) is 7.25. The highest BCUT2D eigenvalue weighted by Crippen LogP contribution is 2.28. The summed E-state index contributed by atoms with van der Waals surface area (Å²) in [6, 6.07) is 4.46. The zero-order chi connectivity index (χ0) is 17.2. The average Bonchev–Trinajstić information content (AvgIpc) is 2.98. The number of aryl methyl sites for hydroxylation is 1. The van der Waals surface area contributed by atoms with Gasteiger partial charge in [-0.1, -0.05) is 12.1 Å². The molecule has 3 rings (SSSR count). The van der Waals surface area contributed by atoms with E-state index in [1.807, 2.05) is 4.57 Å². The summed E-state index contributed by atoms with van der Waals surface area (Å²) < 4.78 is 39.2. The van der Waals surface area contributed by atoms with Crippen LogP contribution in [-0.4, -0.2) is 28.2 Å². The Morgan fingerprint density at radius 2 is 2.08 bits per heavy atom. The Morgan fingerprint density at radius 3 is 2.75 bits per heavy atom. The third-order valence-electron chi connectivity index (χ3n) is 3.49. The molecular formula is C15H14F3N5O. The van der Waals surface area contributed by atoms with E-state index >= 15 is 0 Å². The second-order valence-electron chi connectivity index (χ2n) is 5.24. The number of hydrogen-bond donors (Lipinski definition) is 2. The highest BCUT2D eigenvalue weighted by molar-refractivity contribution is 5.93. The fraction of sp³-hybridized carbons (Fsp3) is 0.267. The predicted molar refractivity (Wildman–Crippen MR) is 81.8 cm³/mol. The van der Waals surface area contributed by atoms with E-state index < -0.39 is 17.6 Å². The molecule has 1 amide bonds. The lowest BCUT2D eigenvalue weighted by Crippen LogP contribution is -2.18. The van der Waals surface area contributed by atoms with Crippen LogP contribution in [0.4, 0.5) is 19.1 Å². The Labute approximate surface area is 135 Å². The van der Waals surface area contributed by atoms with Gasteiger partial charge in [-0.2, -0.15) is 18.3 Å². The van der Waals surface area contributed by atoms with Gasteiger partial charge in [0.15, 0.2) is 0 Å². The Kier molecular flexibility index (Phi) is 4.24. The number of benzene rings is 1. The second kappa shape index (κ2) is 6.34. The van der Waals surface area contributed by atoms with Crippen molar-refractivity contribution < 1.29 is 18.0 Å². The number of alkyl halides is 3. The van der Waals surface area contributed by atoms with Crippen molar-refractivity contribution >= 4 is 18.1 Å². The van der Waals surface area contributed by atoms with Gasteiger partial charge < -0.3 is 9.88 Å². The van der Waals surface area contributed by atoms with Crippen LogP contribution >= 0.6 is 0 Å². The summed E-state index contributed by atoms with van der Waals surface area (Å²) in [6.45, 7) is 1.60. The molecule has 0 saturated carbocycles. The van der Waals surface area contributed by atoms with Crippen LogP contribution in [0.25, 0.3) is 0 Å². The first-order valence-electron chi connectivity index (χ1n) is 7.25. The molecular weight excluding hydrogens is 323 g/mol. The number of halogens is 3. The molecule has 0 spiro atoms. The SMILES string of the molecule is O=C(N/N=C/c1ccc(C(F)(F)F)cc1)c1cn2c(n1)NCCC2. The van der Waals surface area contributed by atoms with Gasteiger partial charge in [0, 0.05) is 19.3 Å². The van der Waals surface area contributed by atoms with Gasteiger partial charge in [0.05, 0.1) is 11.8 Å². The highest BCUT2D eigenvalue weighted by atomic mass is 19.4. The molecule has 1 aromatic carbocycles. The summed E-state index contributed by atoms with van der Waals surface area (Å²) in [5.41, 5.74) is 2.23. The van der Waals surface area contributed by atoms with E-state index in [0.29, 0.717) is 11.5 Å². The van der Waals surface area contributed by atoms with Crippen molar-refractivity contribution in [3.05, 3.63) is 47.3 Å². The summed E-state index contributed by atoms with van der Waals surface area (Å²) in [6.07, 6.45) is -0.522. The molecule has 2 heterocycles. The molecule has 1 aromatic heterocycles.